The topological polar surface area (TPSA) is 42.0 Å². The minimum Gasteiger partial charge on any atom is -0.355 e. The summed E-state index contributed by atoms with van der Waals surface area (Å²) in [6.07, 6.45) is 0.776. The van der Waals surface area contributed by atoms with Gasteiger partial charge in [-0.05, 0) is 36.2 Å². The Labute approximate surface area is 148 Å². The van der Waals surface area contributed by atoms with Gasteiger partial charge < -0.3 is 5.32 Å². The van der Waals surface area contributed by atoms with E-state index in [-0.39, 0.29) is 5.91 Å². The van der Waals surface area contributed by atoms with Gasteiger partial charge >= 0.3 is 0 Å². The van der Waals surface area contributed by atoms with Crippen molar-refractivity contribution < 1.29 is 4.79 Å². The lowest BCUT2D eigenvalue weighted by Gasteiger charge is -2.05. The number of hydrogen-bond donors (Lipinski definition) is 1. The van der Waals surface area contributed by atoms with E-state index in [1.807, 2.05) is 48.5 Å². The van der Waals surface area contributed by atoms with Crippen molar-refractivity contribution in [3.8, 4) is 0 Å². The van der Waals surface area contributed by atoms with Crippen LogP contribution in [-0.4, -0.2) is 23.2 Å². The molecule has 118 valence electrons. The Balaban J connectivity index is 1.44. The van der Waals surface area contributed by atoms with Gasteiger partial charge in [-0.15, -0.1) is 11.3 Å². The molecular weight excluding hydrogens is 348 g/mol. The number of amides is 1. The second-order valence-corrected chi connectivity index (χ2v) is 7.66. The predicted molar refractivity (Wildman–Crippen MR) is 98.5 cm³/mol. The maximum absolute atomic E-state index is 11.9. The number of rotatable bonds is 6. The standard InChI is InChI=1S/C17H15ClN2OS2/c18-13-5-3-4-12(10-13)8-9-19-16(21)11-22-17-20-14-6-1-2-7-15(14)23-17/h1-7,10H,8-9,11H2,(H,19,21). The zero-order valence-corrected chi connectivity index (χ0v) is 14.7. The second-order valence-electron chi connectivity index (χ2n) is 4.97. The highest BCUT2D eigenvalue weighted by molar-refractivity contribution is 8.01. The summed E-state index contributed by atoms with van der Waals surface area (Å²) in [5.41, 5.74) is 2.11. The Kier molecular flexibility index (Phi) is 5.54. The van der Waals surface area contributed by atoms with Crippen LogP contribution in [0.3, 0.4) is 0 Å². The summed E-state index contributed by atoms with van der Waals surface area (Å²) in [6, 6.07) is 15.7. The molecule has 0 bridgehead atoms. The van der Waals surface area contributed by atoms with Gasteiger partial charge in [0, 0.05) is 11.6 Å². The van der Waals surface area contributed by atoms with Gasteiger partial charge in [-0.2, -0.15) is 0 Å². The molecule has 0 atom stereocenters. The van der Waals surface area contributed by atoms with Crippen LogP contribution < -0.4 is 5.32 Å². The number of nitrogens with one attached hydrogen (secondary N) is 1. The number of nitrogens with zero attached hydrogens (tertiary/aromatic N) is 1. The molecule has 0 aliphatic heterocycles. The number of fused-ring (bicyclic) bond motifs is 1. The number of aromatic nitrogens is 1. The number of thioether (sulfide) groups is 1. The van der Waals surface area contributed by atoms with Crippen molar-refractivity contribution in [2.45, 2.75) is 10.8 Å². The van der Waals surface area contributed by atoms with Crippen LogP contribution in [-0.2, 0) is 11.2 Å². The highest BCUT2D eigenvalue weighted by Gasteiger charge is 2.07. The first-order valence-corrected chi connectivity index (χ1v) is 9.38. The largest absolute Gasteiger partial charge is 0.355 e. The molecule has 2 aromatic carbocycles. The normalized spacial score (nSPS) is 10.8. The first-order chi connectivity index (χ1) is 11.2. The molecule has 0 aliphatic rings. The van der Waals surface area contributed by atoms with Crippen LogP contribution in [0.1, 0.15) is 5.56 Å². The smallest absolute Gasteiger partial charge is 0.230 e. The number of benzene rings is 2. The lowest BCUT2D eigenvalue weighted by atomic mass is 10.1. The van der Waals surface area contributed by atoms with E-state index in [1.165, 1.54) is 11.8 Å². The average Bonchev–Trinajstić information content (AvgIpc) is 2.96. The molecule has 1 heterocycles. The van der Waals surface area contributed by atoms with Gasteiger partial charge in [-0.1, -0.05) is 47.6 Å². The summed E-state index contributed by atoms with van der Waals surface area (Å²) in [4.78, 5) is 16.4. The number of carbonyl (C=O) groups is 1. The van der Waals surface area contributed by atoms with Gasteiger partial charge in [0.05, 0.1) is 16.0 Å². The molecule has 0 saturated carbocycles. The maximum atomic E-state index is 11.9. The number of halogens is 1. The molecule has 23 heavy (non-hydrogen) atoms. The van der Waals surface area contributed by atoms with Crippen molar-refractivity contribution in [1.29, 1.82) is 0 Å². The SMILES string of the molecule is O=C(CSc1nc2ccccc2s1)NCCc1cccc(Cl)c1. The molecule has 0 spiro atoms. The second kappa shape index (κ2) is 7.81. The van der Waals surface area contributed by atoms with Crippen molar-refractivity contribution in [2.24, 2.45) is 0 Å². The van der Waals surface area contributed by atoms with E-state index in [1.54, 1.807) is 11.3 Å². The molecule has 1 N–H and O–H groups in total. The monoisotopic (exact) mass is 362 g/mol. The van der Waals surface area contributed by atoms with E-state index in [0.717, 1.165) is 31.6 Å². The van der Waals surface area contributed by atoms with Crippen LogP contribution in [0.5, 0.6) is 0 Å². The van der Waals surface area contributed by atoms with Gasteiger partial charge in [0.15, 0.2) is 4.34 Å². The van der Waals surface area contributed by atoms with Crippen molar-refractivity contribution in [1.82, 2.24) is 10.3 Å². The van der Waals surface area contributed by atoms with Crippen LogP contribution in [0, 0.1) is 0 Å². The zero-order valence-electron chi connectivity index (χ0n) is 12.3. The quantitative estimate of drug-likeness (QED) is 0.661. The number of hydrogen-bond acceptors (Lipinski definition) is 4. The molecule has 3 nitrogen and oxygen atoms in total. The fourth-order valence-corrected chi connectivity index (χ4v) is 4.24. The van der Waals surface area contributed by atoms with E-state index < -0.39 is 0 Å². The van der Waals surface area contributed by atoms with Crippen LogP contribution in [0.25, 0.3) is 10.2 Å². The predicted octanol–water partition coefficient (Wildman–Crippen LogP) is 4.40. The summed E-state index contributed by atoms with van der Waals surface area (Å²) in [5.74, 6) is 0.409. The number of carbonyl (C=O) groups excluding carboxylic acids is 1. The summed E-state index contributed by atoms with van der Waals surface area (Å²) < 4.78 is 2.08. The average molecular weight is 363 g/mol. The van der Waals surface area contributed by atoms with E-state index in [4.69, 9.17) is 11.6 Å². The molecular formula is C17H15ClN2OS2. The minimum atomic E-state index is 0.0243. The van der Waals surface area contributed by atoms with Gasteiger partial charge in [-0.25, -0.2) is 4.98 Å². The third-order valence-electron chi connectivity index (χ3n) is 3.23. The molecule has 3 aromatic rings. The van der Waals surface area contributed by atoms with Gasteiger partial charge in [0.2, 0.25) is 5.91 Å². The molecule has 1 amide bonds. The Morgan fingerprint density at radius 2 is 2.09 bits per heavy atom. The minimum absolute atomic E-state index is 0.0243. The Morgan fingerprint density at radius 3 is 2.91 bits per heavy atom. The van der Waals surface area contributed by atoms with Crippen molar-refractivity contribution in [3.05, 3.63) is 59.1 Å². The summed E-state index contributed by atoms with van der Waals surface area (Å²) in [7, 11) is 0. The first-order valence-electron chi connectivity index (χ1n) is 7.20. The lowest BCUT2D eigenvalue weighted by molar-refractivity contribution is -0.118. The van der Waals surface area contributed by atoms with E-state index in [2.05, 4.69) is 10.3 Å². The molecule has 3 rings (SSSR count). The molecule has 0 unspecified atom stereocenters. The zero-order chi connectivity index (χ0) is 16.1. The fourth-order valence-electron chi connectivity index (χ4n) is 2.13. The first kappa shape index (κ1) is 16.3. The van der Waals surface area contributed by atoms with Gasteiger partial charge in [0.25, 0.3) is 0 Å². The third-order valence-corrected chi connectivity index (χ3v) is 5.64. The van der Waals surface area contributed by atoms with Crippen molar-refractivity contribution >= 4 is 50.8 Å². The van der Waals surface area contributed by atoms with E-state index >= 15 is 0 Å². The molecule has 1 aromatic heterocycles. The maximum Gasteiger partial charge on any atom is 0.230 e. The molecule has 0 fully saturated rings. The van der Waals surface area contributed by atoms with Gasteiger partial charge in [0.1, 0.15) is 0 Å². The van der Waals surface area contributed by atoms with Crippen LogP contribution in [0.2, 0.25) is 5.02 Å². The summed E-state index contributed by atoms with van der Waals surface area (Å²) >= 11 is 9.04. The van der Waals surface area contributed by atoms with Gasteiger partial charge in [-0.3, -0.25) is 4.79 Å². The van der Waals surface area contributed by atoms with Crippen molar-refractivity contribution in [3.63, 3.8) is 0 Å². The summed E-state index contributed by atoms with van der Waals surface area (Å²) in [5, 5.41) is 3.65. The highest BCUT2D eigenvalue weighted by Crippen LogP contribution is 2.28. The highest BCUT2D eigenvalue weighted by atomic mass is 35.5. The number of thiazole rings is 1. The third kappa shape index (κ3) is 4.70. The van der Waals surface area contributed by atoms with Crippen LogP contribution >= 0.6 is 34.7 Å². The van der Waals surface area contributed by atoms with E-state index in [0.29, 0.717) is 12.3 Å². The molecule has 0 aliphatic carbocycles. The summed E-state index contributed by atoms with van der Waals surface area (Å²) in [6.45, 7) is 0.611. The molecule has 6 heteroatoms. The Bertz CT molecular complexity index is 786. The van der Waals surface area contributed by atoms with Crippen LogP contribution in [0.15, 0.2) is 52.9 Å². The Morgan fingerprint density at radius 1 is 1.22 bits per heavy atom. The Hall–Kier alpha value is -1.56. The molecule has 0 radical (unpaired) electrons. The fraction of sp³-hybridized carbons (Fsp3) is 0.176. The number of para-hydroxylation sites is 1. The lowest BCUT2D eigenvalue weighted by Crippen LogP contribution is -2.27. The van der Waals surface area contributed by atoms with Crippen molar-refractivity contribution in [2.75, 3.05) is 12.3 Å². The van der Waals surface area contributed by atoms with E-state index in [9.17, 15) is 4.79 Å². The molecule has 0 saturated heterocycles. The van der Waals surface area contributed by atoms with Crippen LogP contribution in [0.4, 0.5) is 0 Å².